The third-order valence-corrected chi connectivity index (χ3v) is 5.29. The van der Waals surface area contributed by atoms with Crippen LogP contribution in [0.25, 0.3) is 0 Å². The van der Waals surface area contributed by atoms with Crippen molar-refractivity contribution < 1.29 is 14.3 Å². The number of rotatable bonds is 7. The van der Waals surface area contributed by atoms with Crippen LogP contribution in [-0.4, -0.2) is 59.4 Å². The summed E-state index contributed by atoms with van der Waals surface area (Å²) in [7, 11) is 0. The maximum absolute atomic E-state index is 12.5. The van der Waals surface area contributed by atoms with Gasteiger partial charge in [-0.2, -0.15) is 0 Å². The third-order valence-electron chi connectivity index (χ3n) is 4.53. The normalized spacial score (nSPS) is 14.6. The van der Waals surface area contributed by atoms with Crippen molar-refractivity contribution in [1.29, 1.82) is 0 Å². The van der Waals surface area contributed by atoms with Gasteiger partial charge in [0, 0.05) is 45.0 Å². The number of nitrogens with one attached hydrogen (secondary N) is 1. The Bertz CT molecular complexity index is 860. The molecule has 162 valence electrons. The summed E-state index contributed by atoms with van der Waals surface area (Å²) in [6.45, 7) is 7.49. The van der Waals surface area contributed by atoms with Crippen molar-refractivity contribution in [3.8, 4) is 11.5 Å². The van der Waals surface area contributed by atoms with Crippen LogP contribution in [0.15, 0.2) is 36.7 Å². The van der Waals surface area contributed by atoms with Gasteiger partial charge in [-0.25, -0.2) is 4.79 Å². The molecule has 0 saturated carbocycles. The molecule has 1 N–H and O–H groups in total. The molecule has 1 aromatic carbocycles. The second-order valence-electron chi connectivity index (χ2n) is 7.28. The molecule has 7 nitrogen and oxygen atoms in total. The summed E-state index contributed by atoms with van der Waals surface area (Å²) >= 11 is 7.68. The van der Waals surface area contributed by atoms with Crippen molar-refractivity contribution in [2.75, 3.05) is 37.2 Å². The molecule has 1 aromatic heterocycles. The summed E-state index contributed by atoms with van der Waals surface area (Å²) in [5.41, 5.74) is 1.93. The molecule has 1 amide bonds. The van der Waals surface area contributed by atoms with Gasteiger partial charge in [-0.15, -0.1) is 0 Å². The van der Waals surface area contributed by atoms with E-state index in [1.807, 2.05) is 38.3 Å². The van der Waals surface area contributed by atoms with Gasteiger partial charge in [-0.05, 0) is 31.5 Å². The number of piperazine rings is 1. The molecule has 0 atom stereocenters. The van der Waals surface area contributed by atoms with E-state index >= 15 is 0 Å². The average molecular weight is 451 g/mol. The Morgan fingerprint density at radius 2 is 2.00 bits per heavy atom. The predicted octanol–water partition coefficient (Wildman–Crippen LogP) is 4.53. The third kappa shape index (κ3) is 6.42. The second kappa shape index (κ2) is 10.7. The van der Waals surface area contributed by atoms with Gasteiger partial charge in [-0.3, -0.25) is 9.88 Å². The quantitative estimate of drug-likeness (QED) is 0.621. The Morgan fingerprint density at radius 3 is 2.70 bits per heavy atom. The van der Waals surface area contributed by atoms with Gasteiger partial charge in [0.25, 0.3) is 0 Å². The SMILES string of the molecule is CSNc1cncc(OC(=O)N2CCN(Cc3ccc(Cl)c(OC(C)C)c3)CC2)c1. The van der Waals surface area contributed by atoms with Crippen LogP contribution in [0.2, 0.25) is 5.02 Å². The number of anilines is 1. The van der Waals surface area contributed by atoms with Crippen LogP contribution in [-0.2, 0) is 6.54 Å². The Hall–Kier alpha value is -2.16. The minimum absolute atomic E-state index is 0.0692. The number of hydrogen-bond acceptors (Lipinski definition) is 7. The molecule has 30 heavy (non-hydrogen) atoms. The molecule has 0 radical (unpaired) electrons. The summed E-state index contributed by atoms with van der Waals surface area (Å²) in [6, 6.07) is 7.63. The predicted molar refractivity (Wildman–Crippen MR) is 121 cm³/mol. The van der Waals surface area contributed by atoms with E-state index in [1.54, 1.807) is 17.2 Å². The number of benzene rings is 1. The number of hydrogen-bond donors (Lipinski definition) is 1. The topological polar surface area (TPSA) is 66.9 Å². The molecule has 2 aromatic rings. The fraction of sp³-hybridized carbons (Fsp3) is 0.429. The molecular weight excluding hydrogens is 424 g/mol. The molecule has 1 fully saturated rings. The molecule has 1 aliphatic rings. The molecule has 0 unspecified atom stereocenters. The molecule has 0 bridgehead atoms. The van der Waals surface area contributed by atoms with E-state index in [9.17, 15) is 4.79 Å². The van der Waals surface area contributed by atoms with Crippen molar-refractivity contribution in [1.82, 2.24) is 14.8 Å². The minimum atomic E-state index is -0.350. The van der Waals surface area contributed by atoms with E-state index in [-0.39, 0.29) is 12.2 Å². The second-order valence-corrected chi connectivity index (χ2v) is 8.30. The van der Waals surface area contributed by atoms with E-state index in [2.05, 4.69) is 14.6 Å². The van der Waals surface area contributed by atoms with Gasteiger partial charge < -0.3 is 19.1 Å². The maximum Gasteiger partial charge on any atom is 0.415 e. The summed E-state index contributed by atoms with van der Waals surface area (Å²) in [5.74, 6) is 1.14. The number of aromatic nitrogens is 1. The molecule has 1 saturated heterocycles. The average Bonchev–Trinajstić information content (AvgIpc) is 2.71. The Balaban J connectivity index is 1.51. The van der Waals surface area contributed by atoms with Gasteiger partial charge >= 0.3 is 6.09 Å². The van der Waals surface area contributed by atoms with Crippen molar-refractivity contribution in [3.63, 3.8) is 0 Å². The molecule has 0 aliphatic carbocycles. The van der Waals surface area contributed by atoms with Crippen molar-refractivity contribution in [2.24, 2.45) is 0 Å². The van der Waals surface area contributed by atoms with Gasteiger partial charge in [0.1, 0.15) is 5.75 Å². The molecule has 0 spiro atoms. The van der Waals surface area contributed by atoms with Crippen LogP contribution >= 0.6 is 23.5 Å². The van der Waals surface area contributed by atoms with Crippen LogP contribution in [0.1, 0.15) is 19.4 Å². The number of halogens is 1. The Kier molecular flexibility index (Phi) is 8.07. The fourth-order valence-electron chi connectivity index (χ4n) is 3.15. The standard InChI is InChI=1S/C21H27ClN4O3S/c1-15(2)28-20-10-16(4-5-19(20)22)14-25-6-8-26(9-7-25)21(27)29-18-11-17(24-30-3)12-23-13-18/h4-5,10-13,15,24H,6-9,14H2,1-3H3. The molecule has 3 rings (SSSR count). The lowest BCUT2D eigenvalue weighted by Gasteiger charge is -2.34. The number of nitrogens with zero attached hydrogens (tertiary/aromatic N) is 3. The molecular formula is C21H27ClN4O3S. The van der Waals surface area contributed by atoms with Crippen LogP contribution in [0.3, 0.4) is 0 Å². The Morgan fingerprint density at radius 1 is 1.23 bits per heavy atom. The highest BCUT2D eigenvalue weighted by molar-refractivity contribution is 7.99. The van der Waals surface area contributed by atoms with Gasteiger partial charge in [-0.1, -0.05) is 29.6 Å². The number of amides is 1. The summed E-state index contributed by atoms with van der Waals surface area (Å²) < 4.78 is 14.3. The van der Waals surface area contributed by atoms with E-state index in [0.717, 1.165) is 30.9 Å². The number of ether oxygens (including phenoxy) is 2. The van der Waals surface area contributed by atoms with E-state index < -0.39 is 0 Å². The maximum atomic E-state index is 12.5. The first-order chi connectivity index (χ1) is 14.4. The van der Waals surface area contributed by atoms with Crippen molar-refractivity contribution in [3.05, 3.63) is 47.2 Å². The first-order valence-electron chi connectivity index (χ1n) is 9.83. The highest BCUT2D eigenvalue weighted by Crippen LogP contribution is 2.27. The van der Waals surface area contributed by atoms with Crippen LogP contribution in [0.5, 0.6) is 11.5 Å². The van der Waals surface area contributed by atoms with E-state index in [0.29, 0.717) is 29.6 Å². The van der Waals surface area contributed by atoms with Gasteiger partial charge in [0.2, 0.25) is 0 Å². The van der Waals surface area contributed by atoms with Crippen molar-refractivity contribution in [2.45, 2.75) is 26.5 Å². The summed E-state index contributed by atoms with van der Waals surface area (Å²) in [6.07, 6.45) is 4.86. The first kappa shape index (κ1) is 22.5. The lowest BCUT2D eigenvalue weighted by atomic mass is 10.2. The van der Waals surface area contributed by atoms with Crippen LogP contribution in [0.4, 0.5) is 10.5 Å². The smallest absolute Gasteiger partial charge is 0.415 e. The number of pyridine rings is 1. The van der Waals surface area contributed by atoms with Gasteiger partial charge in [0.05, 0.1) is 29.2 Å². The zero-order chi connectivity index (χ0) is 21.5. The molecule has 1 aliphatic heterocycles. The van der Waals surface area contributed by atoms with Crippen molar-refractivity contribution >= 4 is 35.3 Å². The van der Waals surface area contributed by atoms with Gasteiger partial charge in [0.15, 0.2) is 5.75 Å². The zero-order valence-electron chi connectivity index (χ0n) is 17.4. The number of carbonyl (C=O) groups is 1. The summed E-state index contributed by atoms with van der Waals surface area (Å²) in [4.78, 5) is 20.6. The van der Waals surface area contributed by atoms with E-state index in [1.165, 1.54) is 18.1 Å². The van der Waals surface area contributed by atoms with Crippen LogP contribution < -0.4 is 14.2 Å². The first-order valence-corrected chi connectivity index (χ1v) is 11.4. The highest BCUT2D eigenvalue weighted by atomic mass is 35.5. The molecule has 9 heteroatoms. The Labute approximate surface area is 186 Å². The highest BCUT2D eigenvalue weighted by Gasteiger charge is 2.23. The minimum Gasteiger partial charge on any atom is -0.489 e. The molecule has 2 heterocycles. The number of carbonyl (C=O) groups excluding carboxylic acids is 1. The summed E-state index contributed by atoms with van der Waals surface area (Å²) in [5, 5.41) is 0.617. The lowest BCUT2D eigenvalue weighted by Crippen LogP contribution is -2.49. The largest absolute Gasteiger partial charge is 0.489 e. The van der Waals surface area contributed by atoms with E-state index in [4.69, 9.17) is 21.1 Å². The fourth-order valence-corrected chi connectivity index (χ4v) is 3.66. The zero-order valence-corrected chi connectivity index (χ0v) is 19.0. The lowest BCUT2D eigenvalue weighted by molar-refractivity contribution is 0.108. The monoisotopic (exact) mass is 450 g/mol. The van der Waals surface area contributed by atoms with Crippen LogP contribution in [0, 0.1) is 0 Å².